The molecular weight excluding hydrogens is 184 g/mol. The molecule has 1 aliphatic rings. The Balaban J connectivity index is 2.19. The molecule has 2 atom stereocenters. The van der Waals surface area contributed by atoms with Gasteiger partial charge in [0.05, 0.1) is 0 Å². The third kappa shape index (κ3) is 4.36. The number of carbonyl (C=O) groups excluding carboxylic acids is 1. The van der Waals surface area contributed by atoms with E-state index in [-0.39, 0.29) is 0 Å². The topological polar surface area (TPSA) is 17.1 Å². The summed E-state index contributed by atoms with van der Waals surface area (Å²) in [5.41, 5.74) is 0. The summed E-state index contributed by atoms with van der Waals surface area (Å²) in [5.74, 6) is 1.58. The lowest BCUT2D eigenvalue weighted by molar-refractivity contribution is -0.126. The van der Waals surface area contributed by atoms with Gasteiger partial charge in [0.15, 0.2) is 0 Å². The normalized spacial score (nSPS) is 24.1. The number of ketones is 1. The van der Waals surface area contributed by atoms with E-state index in [1.54, 1.807) is 0 Å². The van der Waals surface area contributed by atoms with Gasteiger partial charge in [-0.05, 0) is 18.8 Å². The average Bonchev–Trinajstić information content (AvgIpc) is 2.25. The third-order valence-corrected chi connectivity index (χ3v) is 3.80. The largest absolute Gasteiger partial charge is 0.299 e. The minimum Gasteiger partial charge on any atom is -0.299 e. The van der Waals surface area contributed by atoms with E-state index in [9.17, 15) is 4.79 Å². The second-order valence-corrected chi connectivity index (χ2v) is 5.15. The van der Waals surface area contributed by atoms with Crippen molar-refractivity contribution in [2.75, 3.05) is 0 Å². The summed E-state index contributed by atoms with van der Waals surface area (Å²) in [6, 6.07) is 0. The maximum atomic E-state index is 11.7. The molecule has 0 saturated heterocycles. The van der Waals surface area contributed by atoms with Crippen LogP contribution in [0.1, 0.15) is 71.6 Å². The molecule has 0 amide bonds. The number of hydrogen-bond donors (Lipinski definition) is 0. The Kier molecular flexibility index (Phi) is 5.97. The van der Waals surface area contributed by atoms with Gasteiger partial charge in [-0.3, -0.25) is 4.79 Å². The predicted molar refractivity (Wildman–Crippen MR) is 64.9 cm³/mol. The van der Waals surface area contributed by atoms with Crippen LogP contribution in [0.3, 0.4) is 0 Å². The van der Waals surface area contributed by atoms with Crippen LogP contribution in [0, 0.1) is 11.8 Å². The van der Waals surface area contributed by atoms with Crippen LogP contribution >= 0.6 is 0 Å². The molecule has 1 aliphatic carbocycles. The van der Waals surface area contributed by atoms with Gasteiger partial charge < -0.3 is 0 Å². The SMILES string of the molecule is CCCCCCC(C)C1CCCCC1=O. The second kappa shape index (κ2) is 7.03. The van der Waals surface area contributed by atoms with Crippen molar-refractivity contribution in [3.8, 4) is 0 Å². The number of unbranched alkanes of at least 4 members (excludes halogenated alkanes) is 3. The van der Waals surface area contributed by atoms with Crippen molar-refractivity contribution >= 4 is 5.78 Å². The minimum atomic E-state index is 0.403. The van der Waals surface area contributed by atoms with Gasteiger partial charge in [0.2, 0.25) is 0 Å². The maximum Gasteiger partial charge on any atom is 0.136 e. The van der Waals surface area contributed by atoms with Crippen LogP contribution in [-0.2, 0) is 4.79 Å². The minimum absolute atomic E-state index is 0.403. The van der Waals surface area contributed by atoms with Crippen LogP contribution in [0.5, 0.6) is 0 Å². The van der Waals surface area contributed by atoms with Gasteiger partial charge in [-0.15, -0.1) is 0 Å². The van der Waals surface area contributed by atoms with Gasteiger partial charge in [-0.2, -0.15) is 0 Å². The number of carbonyl (C=O) groups is 1. The van der Waals surface area contributed by atoms with E-state index in [2.05, 4.69) is 13.8 Å². The Labute approximate surface area is 94.6 Å². The number of hydrogen-bond acceptors (Lipinski definition) is 1. The first kappa shape index (κ1) is 12.7. The zero-order valence-corrected chi connectivity index (χ0v) is 10.4. The summed E-state index contributed by atoms with van der Waals surface area (Å²) in [7, 11) is 0. The van der Waals surface area contributed by atoms with Gasteiger partial charge in [0.25, 0.3) is 0 Å². The number of Topliss-reactive ketones (excluding diaryl/α,β-unsaturated/α-hetero) is 1. The molecule has 0 bridgehead atoms. The molecular formula is C14H26O. The quantitative estimate of drug-likeness (QED) is 0.596. The van der Waals surface area contributed by atoms with E-state index < -0.39 is 0 Å². The zero-order chi connectivity index (χ0) is 11.1. The van der Waals surface area contributed by atoms with Crippen molar-refractivity contribution in [1.29, 1.82) is 0 Å². The summed E-state index contributed by atoms with van der Waals surface area (Å²) in [5, 5.41) is 0. The molecule has 0 aromatic heterocycles. The summed E-state index contributed by atoms with van der Waals surface area (Å²) >= 11 is 0. The number of rotatable bonds is 6. The molecule has 0 heterocycles. The third-order valence-electron chi connectivity index (χ3n) is 3.80. The van der Waals surface area contributed by atoms with Gasteiger partial charge in [-0.1, -0.05) is 52.4 Å². The van der Waals surface area contributed by atoms with Crippen LogP contribution in [0.15, 0.2) is 0 Å². The Hall–Kier alpha value is -0.330. The van der Waals surface area contributed by atoms with Crippen molar-refractivity contribution in [1.82, 2.24) is 0 Å². The Morgan fingerprint density at radius 1 is 1.27 bits per heavy atom. The molecule has 1 saturated carbocycles. The molecule has 1 fully saturated rings. The van der Waals surface area contributed by atoms with Crippen molar-refractivity contribution in [2.45, 2.75) is 71.6 Å². The van der Waals surface area contributed by atoms with E-state index in [1.807, 2.05) is 0 Å². The van der Waals surface area contributed by atoms with Crippen LogP contribution in [0.25, 0.3) is 0 Å². The highest BCUT2D eigenvalue weighted by Crippen LogP contribution is 2.30. The first-order valence-electron chi connectivity index (χ1n) is 6.78. The fraction of sp³-hybridized carbons (Fsp3) is 0.929. The molecule has 0 radical (unpaired) electrons. The monoisotopic (exact) mass is 210 g/mol. The zero-order valence-electron chi connectivity index (χ0n) is 10.4. The Bertz CT molecular complexity index is 186. The lowest BCUT2D eigenvalue weighted by Gasteiger charge is -2.26. The maximum absolute atomic E-state index is 11.7. The predicted octanol–water partition coefficient (Wildman–Crippen LogP) is 4.35. The van der Waals surface area contributed by atoms with Crippen molar-refractivity contribution in [2.24, 2.45) is 11.8 Å². The van der Waals surface area contributed by atoms with Crippen LogP contribution in [0.2, 0.25) is 0 Å². The molecule has 1 heteroatoms. The first-order chi connectivity index (χ1) is 7.25. The average molecular weight is 210 g/mol. The van der Waals surface area contributed by atoms with Crippen LogP contribution < -0.4 is 0 Å². The Morgan fingerprint density at radius 3 is 2.73 bits per heavy atom. The highest BCUT2D eigenvalue weighted by atomic mass is 16.1. The Morgan fingerprint density at radius 2 is 2.07 bits per heavy atom. The first-order valence-corrected chi connectivity index (χ1v) is 6.78. The van der Waals surface area contributed by atoms with Gasteiger partial charge in [0.1, 0.15) is 5.78 Å². The molecule has 15 heavy (non-hydrogen) atoms. The lowest BCUT2D eigenvalue weighted by Crippen LogP contribution is -2.25. The standard InChI is InChI=1S/C14H26O/c1-3-4-5-6-9-12(2)13-10-7-8-11-14(13)15/h12-13H,3-11H2,1-2H3. The van der Waals surface area contributed by atoms with Crippen LogP contribution in [-0.4, -0.2) is 5.78 Å². The molecule has 0 aromatic carbocycles. The molecule has 0 aromatic rings. The lowest BCUT2D eigenvalue weighted by atomic mass is 9.78. The van der Waals surface area contributed by atoms with Crippen molar-refractivity contribution in [3.05, 3.63) is 0 Å². The van der Waals surface area contributed by atoms with Gasteiger partial charge in [-0.25, -0.2) is 0 Å². The van der Waals surface area contributed by atoms with E-state index in [4.69, 9.17) is 0 Å². The molecule has 0 aliphatic heterocycles. The van der Waals surface area contributed by atoms with Crippen LogP contribution in [0.4, 0.5) is 0 Å². The van der Waals surface area contributed by atoms with Gasteiger partial charge >= 0.3 is 0 Å². The highest BCUT2D eigenvalue weighted by molar-refractivity contribution is 5.81. The summed E-state index contributed by atoms with van der Waals surface area (Å²) < 4.78 is 0. The summed E-state index contributed by atoms with van der Waals surface area (Å²) in [6.07, 6.45) is 11.0. The molecule has 0 spiro atoms. The second-order valence-electron chi connectivity index (χ2n) is 5.15. The van der Waals surface area contributed by atoms with E-state index >= 15 is 0 Å². The molecule has 1 rings (SSSR count). The van der Waals surface area contributed by atoms with Crippen molar-refractivity contribution in [3.63, 3.8) is 0 Å². The summed E-state index contributed by atoms with van der Waals surface area (Å²) in [6.45, 7) is 4.52. The smallest absolute Gasteiger partial charge is 0.136 e. The summed E-state index contributed by atoms with van der Waals surface area (Å²) in [4.78, 5) is 11.7. The molecule has 2 unspecified atom stereocenters. The van der Waals surface area contributed by atoms with E-state index in [0.29, 0.717) is 17.6 Å². The van der Waals surface area contributed by atoms with Crippen molar-refractivity contribution < 1.29 is 4.79 Å². The van der Waals surface area contributed by atoms with E-state index in [0.717, 1.165) is 19.3 Å². The highest BCUT2D eigenvalue weighted by Gasteiger charge is 2.26. The van der Waals surface area contributed by atoms with E-state index in [1.165, 1.54) is 38.5 Å². The fourth-order valence-electron chi connectivity index (χ4n) is 2.71. The molecule has 88 valence electrons. The molecule has 1 nitrogen and oxygen atoms in total. The fourth-order valence-corrected chi connectivity index (χ4v) is 2.71. The molecule has 0 N–H and O–H groups in total. The van der Waals surface area contributed by atoms with Gasteiger partial charge in [0, 0.05) is 12.3 Å².